The highest BCUT2D eigenvalue weighted by Crippen LogP contribution is 2.40. The normalized spacial score (nSPS) is 12.2. The van der Waals surface area contributed by atoms with Crippen molar-refractivity contribution in [2.45, 2.75) is 12.6 Å². The van der Waals surface area contributed by atoms with Gasteiger partial charge in [-0.2, -0.15) is 13.2 Å². The second-order valence-electron chi connectivity index (χ2n) is 7.52. The van der Waals surface area contributed by atoms with Crippen molar-refractivity contribution in [3.8, 4) is 17.0 Å². The van der Waals surface area contributed by atoms with E-state index in [0.29, 0.717) is 18.1 Å². The molecule has 158 valence electrons. The number of benzene rings is 2. The second kappa shape index (κ2) is 7.95. The molecule has 2 aliphatic rings. The first-order chi connectivity index (χ1) is 14.3. The summed E-state index contributed by atoms with van der Waals surface area (Å²) >= 11 is 0. The topological polar surface area (TPSA) is 56.1 Å². The molecule has 2 aromatic rings. The van der Waals surface area contributed by atoms with Crippen LogP contribution in [0.1, 0.15) is 12.0 Å². The Morgan fingerprint density at radius 1 is 1.03 bits per heavy atom. The molecule has 1 aliphatic heterocycles. The fourth-order valence-corrected chi connectivity index (χ4v) is 3.46. The van der Waals surface area contributed by atoms with E-state index in [0.717, 1.165) is 52.9 Å². The molecule has 0 fully saturated rings. The summed E-state index contributed by atoms with van der Waals surface area (Å²) in [5.74, 6) is 1.40. The molecule has 0 radical (unpaired) electrons. The average molecular weight is 416 g/mol. The lowest BCUT2D eigenvalue weighted by Gasteiger charge is -2.10. The van der Waals surface area contributed by atoms with Gasteiger partial charge in [-0.15, -0.1) is 0 Å². The van der Waals surface area contributed by atoms with Gasteiger partial charge in [0.15, 0.2) is 0 Å². The van der Waals surface area contributed by atoms with Gasteiger partial charge in [0.05, 0.1) is 17.9 Å². The summed E-state index contributed by atoms with van der Waals surface area (Å²) in [7, 11) is 4.06. The number of aromatic amines is 2. The molecule has 1 aliphatic carbocycles. The Balaban J connectivity index is 1.54. The molecule has 0 atom stereocenters. The Bertz CT molecular complexity index is 1110. The number of nitrogens with zero attached hydrogens (tertiary/aromatic N) is 1. The highest BCUT2D eigenvalue weighted by Gasteiger charge is 2.30. The summed E-state index contributed by atoms with van der Waals surface area (Å²) in [6, 6.07) is 13.0. The standard InChI is InChI=1S/C22H23F3N4O/c1-29(2)9-4-10-30-17-7-8-18-14(11-17)12-19-20(18)27-28-21(19)26-16-6-3-5-15(13-16)22(23,24)25/h3,5-8,11-13,26-28H,4,9-10H2,1-2H3. The van der Waals surface area contributed by atoms with E-state index in [-0.39, 0.29) is 0 Å². The summed E-state index contributed by atoms with van der Waals surface area (Å²) < 4.78 is 44.8. The lowest BCUT2D eigenvalue weighted by molar-refractivity contribution is -0.137. The highest BCUT2D eigenvalue weighted by atomic mass is 19.4. The molecule has 0 spiro atoms. The molecule has 3 N–H and O–H groups in total. The van der Waals surface area contributed by atoms with Crippen LogP contribution in [0.5, 0.6) is 5.75 Å². The third kappa shape index (κ3) is 4.23. The van der Waals surface area contributed by atoms with Crippen LogP contribution in [0.2, 0.25) is 0 Å². The number of alkyl halides is 3. The van der Waals surface area contributed by atoms with Crippen molar-refractivity contribution in [1.82, 2.24) is 15.1 Å². The number of H-pyrrole nitrogens is 2. The van der Waals surface area contributed by atoms with Crippen LogP contribution < -0.4 is 10.1 Å². The number of halogens is 3. The van der Waals surface area contributed by atoms with Crippen molar-refractivity contribution in [1.29, 1.82) is 0 Å². The smallest absolute Gasteiger partial charge is 0.416 e. The zero-order chi connectivity index (χ0) is 21.3. The molecular weight excluding hydrogens is 393 g/mol. The van der Waals surface area contributed by atoms with Gasteiger partial charge in [-0.3, -0.25) is 10.2 Å². The molecule has 0 bridgehead atoms. The van der Waals surface area contributed by atoms with Crippen molar-refractivity contribution in [3.63, 3.8) is 0 Å². The van der Waals surface area contributed by atoms with Gasteiger partial charge in [0.25, 0.3) is 0 Å². The Morgan fingerprint density at radius 2 is 1.87 bits per heavy atom. The summed E-state index contributed by atoms with van der Waals surface area (Å²) in [4.78, 5) is 2.11. The molecule has 0 unspecified atom stereocenters. The minimum Gasteiger partial charge on any atom is -0.494 e. The predicted molar refractivity (Wildman–Crippen MR) is 113 cm³/mol. The monoisotopic (exact) mass is 416 g/mol. The SMILES string of the molecule is CN(C)CCCOc1ccc2c3[nH][nH]c(Nc4cccc(C(F)(F)F)c4)c-3cc2c1. The second-order valence-corrected chi connectivity index (χ2v) is 7.52. The highest BCUT2D eigenvalue weighted by molar-refractivity contribution is 6.04. The number of fused-ring (bicyclic) bond motifs is 3. The quantitative estimate of drug-likeness (QED) is 0.339. The maximum atomic E-state index is 13.0. The van der Waals surface area contributed by atoms with Gasteiger partial charge in [0.2, 0.25) is 0 Å². The van der Waals surface area contributed by atoms with Gasteiger partial charge in [0, 0.05) is 23.2 Å². The van der Waals surface area contributed by atoms with Gasteiger partial charge in [-0.05, 0) is 68.4 Å². The molecule has 30 heavy (non-hydrogen) atoms. The van der Waals surface area contributed by atoms with Gasteiger partial charge < -0.3 is 15.0 Å². The minimum atomic E-state index is -4.38. The van der Waals surface area contributed by atoms with Crippen LogP contribution in [0.4, 0.5) is 24.7 Å². The van der Waals surface area contributed by atoms with Crippen LogP contribution in [0.15, 0.2) is 48.5 Å². The third-order valence-corrected chi connectivity index (χ3v) is 4.92. The zero-order valence-corrected chi connectivity index (χ0v) is 16.7. The lowest BCUT2D eigenvalue weighted by atomic mass is 10.2. The van der Waals surface area contributed by atoms with E-state index >= 15 is 0 Å². The molecule has 0 saturated carbocycles. The van der Waals surface area contributed by atoms with E-state index in [2.05, 4.69) is 20.4 Å². The number of aromatic nitrogens is 2. The first kappa shape index (κ1) is 20.2. The molecule has 4 rings (SSSR count). The predicted octanol–water partition coefficient (Wildman–Crippen LogP) is 5.69. The number of nitrogens with one attached hydrogen (secondary N) is 3. The minimum absolute atomic E-state index is 0.358. The molecule has 1 heterocycles. The van der Waals surface area contributed by atoms with E-state index in [1.807, 2.05) is 38.4 Å². The van der Waals surface area contributed by atoms with Gasteiger partial charge in [-0.25, -0.2) is 0 Å². The summed E-state index contributed by atoms with van der Waals surface area (Å²) in [6.45, 7) is 1.60. The Hall–Kier alpha value is -3.13. The summed E-state index contributed by atoms with van der Waals surface area (Å²) in [5.41, 5.74) is 1.42. The average Bonchev–Trinajstić information content (AvgIpc) is 3.24. The van der Waals surface area contributed by atoms with E-state index in [9.17, 15) is 13.2 Å². The number of rotatable bonds is 7. The number of hydrogen-bond acceptors (Lipinski definition) is 3. The number of hydrogen-bond donors (Lipinski definition) is 3. The first-order valence-electron chi connectivity index (χ1n) is 9.66. The summed E-state index contributed by atoms with van der Waals surface area (Å²) in [6.07, 6.45) is -3.44. The molecule has 2 aromatic carbocycles. The van der Waals surface area contributed by atoms with Gasteiger partial charge in [0.1, 0.15) is 11.6 Å². The largest absolute Gasteiger partial charge is 0.494 e. The number of ether oxygens (including phenoxy) is 1. The number of anilines is 2. The van der Waals surface area contributed by atoms with Crippen molar-refractivity contribution < 1.29 is 17.9 Å². The van der Waals surface area contributed by atoms with E-state index in [1.54, 1.807) is 6.07 Å². The van der Waals surface area contributed by atoms with E-state index in [1.165, 1.54) is 6.07 Å². The Kier molecular flexibility index (Phi) is 5.34. The van der Waals surface area contributed by atoms with Crippen LogP contribution in [-0.4, -0.2) is 42.3 Å². The maximum absolute atomic E-state index is 13.0. The van der Waals surface area contributed by atoms with E-state index < -0.39 is 11.7 Å². The van der Waals surface area contributed by atoms with Crippen LogP contribution in [0, 0.1) is 0 Å². The van der Waals surface area contributed by atoms with Crippen LogP contribution in [0.25, 0.3) is 22.0 Å². The Labute approximate surface area is 172 Å². The fourth-order valence-electron chi connectivity index (χ4n) is 3.46. The Morgan fingerprint density at radius 3 is 2.63 bits per heavy atom. The molecule has 0 saturated heterocycles. The van der Waals surface area contributed by atoms with Crippen molar-refractivity contribution in [2.24, 2.45) is 0 Å². The molecule has 5 nitrogen and oxygen atoms in total. The van der Waals surface area contributed by atoms with Crippen LogP contribution >= 0.6 is 0 Å². The summed E-state index contributed by atoms with van der Waals surface area (Å²) in [5, 5.41) is 11.2. The van der Waals surface area contributed by atoms with Crippen LogP contribution in [0.3, 0.4) is 0 Å². The molecular formula is C22H23F3N4O. The van der Waals surface area contributed by atoms with Crippen molar-refractivity contribution in [3.05, 3.63) is 54.1 Å². The lowest BCUT2D eigenvalue weighted by Crippen LogP contribution is -2.15. The van der Waals surface area contributed by atoms with Gasteiger partial charge >= 0.3 is 6.18 Å². The molecule has 8 heteroatoms. The third-order valence-electron chi connectivity index (χ3n) is 4.92. The van der Waals surface area contributed by atoms with Crippen LogP contribution in [-0.2, 0) is 6.18 Å². The first-order valence-corrected chi connectivity index (χ1v) is 9.66. The fraction of sp³-hybridized carbons (Fsp3) is 0.273. The maximum Gasteiger partial charge on any atom is 0.416 e. The van der Waals surface area contributed by atoms with Crippen molar-refractivity contribution >= 4 is 22.3 Å². The van der Waals surface area contributed by atoms with Gasteiger partial charge in [-0.1, -0.05) is 6.07 Å². The molecule has 0 aromatic heterocycles. The zero-order valence-electron chi connectivity index (χ0n) is 16.7. The molecule has 0 amide bonds. The van der Waals surface area contributed by atoms with Crippen molar-refractivity contribution in [2.75, 3.05) is 32.6 Å². The van der Waals surface area contributed by atoms with E-state index in [4.69, 9.17) is 4.74 Å².